The second-order valence-corrected chi connectivity index (χ2v) is 7.14. The minimum Gasteiger partial charge on any atom is -0.497 e. The molecule has 0 saturated carbocycles. The van der Waals surface area contributed by atoms with Crippen LogP contribution in [0.1, 0.15) is 34.5 Å². The Hall–Kier alpha value is -3.06. The maximum absolute atomic E-state index is 12.5. The monoisotopic (exact) mass is 397 g/mol. The summed E-state index contributed by atoms with van der Waals surface area (Å²) < 4.78 is 5.31. The van der Waals surface area contributed by atoms with Gasteiger partial charge in [-0.3, -0.25) is 4.90 Å². The fourth-order valence-electron chi connectivity index (χ4n) is 3.48. The van der Waals surface area contributed by atoms with E-state index in [4.69, 9.17) is 9.84 Å². The number of rotatable bonds is 6. The van der Waals surface area contributed by atoms with Crippen molar-refractivity contribution >= 4 is 12.0 Å². The lowest BCUT2D eigenvalue weighted by Crippen LogP contribution is -2.52. The highest BCUT2D eigenvalue weighted by Gasteiger charge is 2.24. The Balaban J connectivity index is 1.48. The van der Waals surface area contributed by atoms with E-state index in [0.29, 0.717) is 19.6 Å². The second-order valence-electron chi connectivity index (χ2n) is 7.14. The Kier molecular flexibility index (Phi) is 6.72. The van der Waals surface area contributed by atoms with Crippen LogP contribution in [0.15, 0.2) is 48.5 Å². The topological polar surface area (TPSA) is 82.1 Å². The van der Waals surface area contributed by atoms with Gasteiger partial charge >= 0.3 is 12.0 Å². The molecule has 2 N–H and O–H groups in total. The Bertz CT molecular complexity index is 845. The molecule has 2 aromatic carbocycles. The number of aromatic carboxylic acids is 1. The van der Waals surface area contributed by atoms with E-state index in [1.54, 1.807) is 31.4 Å². The summed E-state index contributed by atoms with van der Waals surface area (Å²) in [6, 6.07) is 14.8. The van der Waals surface area contributed by atoms with Crippen molar-refractivity contribution in [3.63, 3.8) is 0 Å². The molecular weight excluding hydrogens is 370 g/mol. The third-order valence-electron chi connectivity index (χ3n) is 5.37. The van der Waals surface area contributed by atoms with Crippen LogP contribution in [0.2, 0.25) is 0 Å². The molecule has 2 amide bonds. The maximum Gasteiger partial charge on any atom is 0.335 e. The molecule has 7 heteroatoms. The van der Waals surface area contributed by atoms with Crippen LogP contribution in [-0.2, 0) is 6.54 Å². The number of nitrogens with zero attached hydrogens (tertiary/aromatic N) is 2. The number of methoxy groups -OCH3 is 1. The van der Waals surface area contributed by atoms with E-state index in [1.807, 2.05) is 17.0 Å². The second kappa shape index (κ2) is 9.43. The number of carboxylic acids is 1. The normalized spacial score (nSPS) is 15.6. The van der Waals surface area contributed by atoms with Gasteiger partial charge in [-0.2, -0.15) is 0 Å². The van der Waals surface area contributed by atoms with Gasteiger partial charge in [0.2, 0.25) is 0 Å². The van der Waals surface area contributed by atoms with Crippen molar-refractivity contribution in [2.24, 2.45) is 0 Å². The molecular formula is C22H27N3O4. The molecule has 0 bridgehead atoms. The molecule has 7 nitrogen and oxygen atoms in total. The van der Waals surface area contributed by atoms with Gasteiger partial charge in [0.25, 0.3) is 0 Å². The highest BCUT2D eigenvalue weighted by atomic mass is 16.5. The Morgan fingerprint density at radius 2 is 1.79 bits per heavy atom. The lowest BCUT2D eigenvalue weighted by molar-refractivity contribution is 0.0697. The van der Waals surface area contributed by atoms with E-state index < -0.39 is 5.97 Å². The molecule has 0 radical (unpaired) electrons. The van der Waals surface area contributed by atoms with Crippen LogP contribution in [0.25, 0.3) is 0 Å². The summed E-state index contributed by atoms with van der Waals surface area (Å²) in [5.41, 5.74) is 2.31. The molecule has 1 heterocycles. The zero-order valence-corrected chi connectivity index (χ0v) is 16.8. The number of ether oxygens (including phenoxy) is 1. The molecule has 0 aliphatic carbocycles. The van der Waals surface area contributed by atoms with Crippen molar-refractivity contribution < 1.29 is 19.4 Å². The van der Waals surface area contributed by atoms with Crippen LogP contribution in [0.4, 0.5) is 4.79 Å². The maximum atomic E-state index is 12.5. The molecule has 154 valence electrons. The molecule has 29 heavy (non-hydrogen) atoms. The van der Waals surface area contributed by atoms with E-state index in [0.717, 1.165) is 24.4 Å². The third kappa shape index (κ3) is 5.26. The van der Waals surface area contributed by atoms with Crippen LogP contribution in [0.3, 0.4) is 0 Å². The number of hydrogen-bond acceptors (Lipinski definition) is 4. The number of carbonyl (C=O) groups excluding carboxylic acids is 1. The molecule has 1 saturated heterocycles. The van der Waals surface area contributed by atoms with Crippen LogP contribution in [-0.4, -0.2) is 60.2 Å². The molecule has 1 fully saturated rings. The van der Waals surface area contributed by atoms with Crippen molar-refractivity contribution in [2.75, 3.05) is 33.3 Å². The Morgan fingerprint density at radius 1 is 1.10 bits per heavy atom. The van der Waals surface area contributed by atoms with Crippen LogP contribution in [0, 0.1) is 0 Å². The summed E-state index contributed by atoms with van der Waals surface area (Å²) in [6.45, 7) is 5.48. The number of urea groups is 1. The van der Waals surface area contributed by atoms with E-state index in [-0.39, 0.29) is 17.6 Å². The molecule has 1 aliphatic heterocycles. The predicted molar refractivity (Wildman–Crippen MR) is 110 cm³/mol. The van der Waals surface area contributed by atoms with Gasteiger partial charge in [0.05, 0.1) is 12.7 Å². The van der Waals surface area contributed by atoms with Crippen molar-refractivity contribution in [3.05, 3.63) is 65.2 Å². The molecule has 0 spiro atoms. The largest absolute Gasteiger partial charge is 0.497 e. The van der Waals surface area contributed by atoms with Crippen LogP contribution >= 0.6 is 0 Å². The number of carbonyl (C=O) groups is 2. The van der Waals surface area contributed by atoms with Gasteiger partial charge < -0.3 is 20.1 Å². The fourth-order valence-corrected chi connectivity index (χ4v) is 3.48. The fraction of sp³-hybridized carbons (Fsp3) is 0.364. The highest BCUT2D eigenvalue weighted by molar-refractivity contribution is 5.87. The van der Waals surface area contributed by atoms with Gasteiger partial charge in [-0.1, -0.05) is 24.3 Å². The summed E-state index contributed by atoms with van der Waals surface area (Å²) in [5, 5.41) is 11.8. The van der Waals surface area contributed by atoms with E-state index in [2.05, 4.69) is 29.3 Å². The van der Waals surface area contributed by atoms with Gasteiger partial charge in [0, 0.05) is 38.8 Å². The minimum atomic E-state index is -0.957. The molecule has 1 aliphatic rings. The van der Waals surface area contributed by atoms with Gasteiger partial charge in [-0.05, 0) is 42.3 Å². The molecule has 2 aromatic rings. The zero-order chi connectivity index (χ0) is 20.8. The summed E-state index contributed by atoms with van der Waals surface area (Å²) >= 11 is 0. The summed E-state index contributed by atoms with van der Waals surface area (Å²) in [6.07, 6.45) is 0. The first-order chi connectivity index (χ1) is 14.0. The molecule has 1 atom stereocenters. The number of piperazine rings is 1. The number of hydrogen-bond donors (Lipinski definition) is 2. The van der Waals surface area contributed by atoms with Gasteiger partial charge in [0.1, 0.15) is 5.75 Å². The summed E-state index contributed by atoms with van der Waals surface area (Å²) in [4.78, 5) is 27.5. The van der Waals surface area contributed by atoms with Crippen molar-refractivity contribution in [1.29, 1.82) is 0 Å². The van der Waals surface area contributed by atoms with Crippen LogP contribution in [0.5, 0.6) is 5.75 Å². The van der Waals surface area contributed by atoms with E-state index in [9.17, 15) is 9.59 Å². The van der Waals surface area contributed by atoms with Gasteiger partial charge in [-0.25, -0.2) is 9.59 Å². The van der Waals surface area contributed by atoms with Crippen molar-refractivity contribution in [1.82, 2.24) is 15.1 Å². The Morgan fingerprint density at radius 3 is 2.41 bits per heavy atom. The van der Waals surface area contributed by atoms with Gasteiger partial charge in [-0.15, -0.1) is 0 Å². The number of benzene rings is 2. The lowest BCUT2D eigenvalue weighted by atomic mass is 10.1. The van der Waals surface area contributed by atoms with Gasteiger partial charge in [0.15, 0.2) is 0 Å². The average Bonchev–Trinajstić information content (AvgIpc) is 2.77. The van der Waals surface area contributed by atoms with E-state index >= 15 is 0 Å². The lowest BCUT2D eigenvalue weighted by Gasteiger charge is -2.38. The zero-order valence-electron chi connectivity index (χ0n) is 16.8. The standard InChI is InChI=1S/C22H27N3O4/c1-16(19-4-3-5-20(14-19)29-2)24-10-12-25(13-11-24)22(28)23-15-17-6-8-18(9-7-17)21(26)27/h3-9,14,16H,10-13,15H2,1-2H3,(H,23,28)(H,26,27). The molecule has 0 aromatic heterocycles. The SMILES string of the molecule is COc1cccc(C(C)N2CCN(C(=O)NCc3ccc(C(=O)O)cc3)CC2)c1. The van der Waals surface area contributed by atoms with Crippen molar-refractivity contribution in [2.45, 2.75) is 19.5 Å². The Labute approximate surface area is 170 Å². The molecule has 1 unspecified atom stereocenters. The first-order valence-electron chi connectivity index (χ1n) is 9.71. The van der Waals surface area contributed by atoms with E-state index in [1.165, 1.54) is 5.56 Å². The first-order valence-corrected chi connectivity index (χ1v) is 9.71. The third-order valence-corrected chi connectivity index (χ3v) is 5.37. The van der Waals surface area contributed by atoms with Crippen molar-refractivity contribution in [3.8, 4) is 5.75 Å². The summed E-state index contributed by atoms with van der Waals surface area (Å²) in [7, 11) is 1.67. The smallest absolute Gasteiger partial charge is 0.335 e. The first kappa shape index (κ1) is 20.7. The minimum absolute atomic E-state index is 0.0963. The van der Waals surface area contributed by atoms with Crippen LogP contribution < -0.4 is 10.1 Å². The highest BCUT2D eigenvalue weighted by Crippen LogP contribution is 2.24. The predicted octanol–water partition coefficient (Wildman–Crippen LogP) is 2.98. The number of amides is 2. The number of carboxylic acid groups (broad SMARTS) is 1. The average molecular weight is 397 g/mol. The molecule has 3 rings (SSSR count). The summed E-state index contributed by atoms with van der Waals surface area (Å²) in [5.74, 6) is -0.106. The quantitative estimate of drug-likeness (QED) is 0.783. The number of nitrogens with one attached hydrogen (secondary N) is 1.